The number of rotatable bonds is 3. The highest BCUT2D eigenvalue weighted by Gasteiger charge is 2.37. The summed E-state index contributed by atoms with van der Waals surface area (Å²) in [4.78, 5) is 23.7. The summed E-state index contributed by atoms with van der Waals surface area (Å²) in [6, 6.07) is 3.49. The van der Waals surface area contributed by atoms with E-state index in [-0.39, 0.29) is 11.6 Å². The molecule has 0 bridgehead atoms. The zero-order chi connectivity index (χ0) is 21.3. The molecule has 28 heavy (non-hydrogen) atoms. The molecule has 0 radical (unpaired) electrons. The number of amides is 1. The molecular formula is C17H11F6NO4. The van der Waals surface area contributed by atoms with Crippen molar-refractivity contribution in [1.82, 2.24) is 0 Å². The van der Waals surface area contributed by atoms with E-state index in [1.165, 1.54) is 0 Å². The fourth-order valence-electron chi connectivity index (χ4n) is 2.19. The molecule has 11 heteroatoms. The molecule has 0 saturated carbocycles. The number of ether oxygens (including phenoxy) is 1. The lowest BCUT2D eigenvalue weighted by molar-refractivity contribution is -0.143. The Kier molecular flexibility index (Phi) is 5.57. The first-order valence-corrected chi connectivity index (χ1v) is 7.35. The molecule has 2 N–H and O–H groups in total. The highest BCUT2D eigenvalue weighted by Crippen LogP contribution is 2.37. The molecule has 150 valence electrons. The Hall–Kier alpha value is -3.24. The zero-order valence-corrected chi connectivity index (χ0v) is 13.9. The van der Waals surface area contributed by atoms with Crippen LogP contribution in [-0.4, -0.2) is 24.1 Å². The van der Waals surface area contributed by atoms with Gasteiger partial charge in [-0.15, -0.1) is 0 Å². The number of phenolic OH excluding ortho intramolecular Hbond substituents is 1. The summed E-state index contributed by atoms with van der Waals surface area (Å²) in [5, 5.41) is 11.6. The van der Waals surface area contributed by atoms with Gasteiger partial charge >= 0.3 is 18.3 Å². The van der Waals surface area contributed by atoms with Crippen LogP contribution in [0.3, 0.4) is 0 Å². The van der Waals surface area contributed by atoms with E-state index >= 15 is 0 Å². The minimum Gasteiger partial charge on any atom is -0.507 e. The molecule has 0 spiro atoms. The number of anilines is 1. The maximum Gasteiger partial charge on any atom is 0.416 e. The summed E-state index contributed by atoms with van der Waals surface area (Å²) in [6.45, 7) is 0. The molecule has 0 saturated heterocycles. The molecule has 5 nitrogen and oxygen atoms in total. The third-order valence-electron chi connectivity index (χ3n) is 3.51. The smallest absolute Gasteiger partial charge is 0.416 e. The SMILES string of the molecule is COC(=O)c1ccc(O)c(C(=O)Nc2cc(C(F)(F)F)cc(C(F)(F)F)c2)c1. The van der Waals surface area contributed by atoms with Crippen molar-refractivity contribution in [2.45, 2.75) is 12.4 Å². The highest BCUT2D eigenvalue weighted by molar-refractivity contribution is 6.07. The van der Waals surface area contributed by atoms with Crippen LogP contribution in [0, 0.1) is 0 Å². The topological polar surface area (TPSA) is 75.6 Å². The van der Waals surface area contributed by atoms with Crippen LogP contribution in [0.4, 0.5) is 32.0 Å². The number of hydrogen-bond donors (Lipinski definition) is 2. The summed E-state index contributed by atoms with van der Waals surface area (Å²) in [7, 11) is 1.05. The Labute approximate surface area is 153 Å². The van der Waals surface area contributed by atoms with Crippen LogP contribution in [0.2, 0.25) is 0 Å². The van der Waals surface area contributed by atoms with E-state index in [0.29, 0.717) is 12.1 Å². The molecule has 0 unspecified atom stereocenters. The number of phenols is 1. The van der Waals surface area contributed by atoms with Crippen LogP contribution < -0.4 is 5.32 Å². The molecule has 0 aliphatic heterocycles. The van der Waals surface area contributed by atoms with Gasteiger partial charge in [0.1, 0.15) is 5.75 Å². The number of methoxy groups -OCH3 is 1. The second kappa shape index (κ2) is 7.41. The minimum atomic E-state index is -5.09. The van der Waals surface area contributed by atoms with Crippen molar-refractivity contribution in [3.63, 3.8) is 0 Å². The fraction of sp³-hybridized carbons (Fsp3) is 0.176. The van der Waals surface area contributed by atoms with E-state index in [4.69, 9.17) is 0 Å². The van der Waals surface area contributed by atoms with Crippen LogP contribution in [0.15, 0.2) is 36.4 Å². The molecule has 2 aromatic carbocycles. The maximum atomic E-state index is 12.9. The van der Waals surface area contributed by atoms with E-state index in [1.807, 2.05) is 5.32 Å². The number of carbonyl (C=O) groups is 2. The van der Waals surface area contributed by atoms with E-state index in [1.54, 1.807) is 0 Å². The van der Waals surface area contributed by atoms with E-state index in [0.717, 1.165) is 25.3 Å². The number of carbonyl (C=O) groups excluding carboxylic acids is 2. The predicted molar refractivity (Wildman–Crippen MR) is 83.8 cm³/mol. The minimum absolute atomic E-state index is 0.0923. The molecule has 0 atom stereocenters. The van der Waals surface area contributed by atoms with Gasteiger partial charge in [0.2, 0.25) is 0 Å². The average molecular weight is 407 g/mol. The predicted octanol–water partition coefficient (Wildman–Crippen LogP) is 4.47. The molecule has 0 aliphatic rings. The van der Waals surface area contributed by atoms with Crippen LogP contribution >= 0.6 is 0 Å². The van der Waals surface area contributed by atoms with Gasteiger partial charge in [0.15, 0.2) is 0 Å². The third-order valence-corrected chi connectivity index (χ3v) is 3.51. The molecule has 0 fully saturated rings. The summed E-state index contributed by atoms with van der Waals surface area (Å²) in [5.74, 6) is -2.74. The highest BCUT2D eigenvalue weighted by atomic mass is 19.4. The van der Waals surface area contributed by atoms with Gasteiger partial charge in [-0.25, -0.2) is 4.79 Å². The lowest BCUT2D eigenvalue weighted by atomic mass is 10.1. The summed E-state index contributed by atoms with van der Waals surface area (Å²) < 4.78 is 81.7. The number of esters is 1. The van der Waals surface area contributed by atoms with Gasteiger partial charge in [0, 0.05) is 5.69 Å². The fourth-order valence-corrected chi connectivity index (χ4v) is 2.19. The van der Waals surface area contributed by atoms with Crippen molar-refractivity contribution < 1.29 is 45.8 Å². The van der Waals surface area contributed by atoms with Crippen molar-refractivity contribution in [3.05, 3.63) is 58.7 Å². The second-order valence-electron chi connectivity index (χ2n) is 5.47. The first kappa shape index (κ1) is 21.1. The molecule has 2 aromatic rings. The Morgan fingerprint density at radius 3 is 1.93 bits per heavy atom. The van der Waals surface area contributed by atoms with Gasteiger partial charge in [-0.2, -0.15) is 26.3 Å². The number of alkyl halides is 6. The van der Waals surface area contributed by atoms with Crippen molar-refractivity contribution in [1.29, 1.82) is 0 Å². The van der Waals surface area contributed by atoms with Gasteiger partial charge in [0.25, 0.3) is 5.91 Å². The van der Waals surface area contributed by atoms with Crippen molar-refractivity contribution in [2.75, 3.05) is 12.4 Å². The Morgan fingerprint density at radius 1 is 0.929 bits per heavy atom. The maximum absolute atomic E-state index is 12.9. The van der Waals surface area contributed by atoms with Crippen LogP contribution in [0.1, 0.15) is 31.8 Å². The van der Waals surface area contributed by atoms with Gasteiger partial charge in [-0.1, -0.05) is 0 Å². The van der Waals surface area contributed by atoms with Crippen LogP contribution in [0.5, 0.6) is 5.75 Å². The van der Waals surface area contributed by atoms with Gasteiger partial charge in [-0.05, 0) is 36.4 Å². The zero-order valence-electron chi connectivity index (χ0n) is 13.9. The Bertz CT molecular complexity index is 889. The number of aromatic hydroxyl groups is 1. The average Bonchev–Trinajstić information content (AvgIpc) is 2.59. The second-order valence-corrected chi connectivity index (χ2v) is 5.47. The van der Waals surface area contributed by atoms with E-state index < -0.39 is 52.4 Å². The van der Waals surface area contributed by atoms with Gasteiger partial charge in [-0.3, -0.25) is 4.79 Å². The first-order chi connectivity index (χ1) is 12.8. The van der Waals surface area contributed by atoms with Crippen LogP contribution in [-0.2, 0) is 17.1 Å². The van der Waals surface area contributed by atoms with Crippen LogP contribution in [0.25, 0.3) is 0 Å². The quantitative estimate of drug-likeness (QED) is 0.582. The lowest BCUT2D eigenvalue weighted by Gasteiger charge is -2.15. The number of benzene rings is 2. The largest absolute Gasteiger partial charge is 0.507 e. The molecule has 0 heterocycles. The molecular weight excluding hydrogens is 396 g/mol. The van der Waals surface area contributed by atoms with E-state index in [2.05, 4.69) is 4.74 Å². The van der Waals surface area contributed by atoms with E-state index in [9.17, 15) is 41.0 Å². The standard InChI is InChI=1S/C17H11F6NO4/c1-28-15(27)8-2-3-13(25)12(4-8)14(26)24-11-6-9(16(18,19)20)5-10(7-11)17(21,22)23/h2-7,25H,1H3,(H,24,26). The number of hydrogen-bond acceptors (Lipinski definition) is 4. The summed E-state index contributed by atoms with van der Waals surface area (Å²) >= 11 is 0. The summed E-state index contributed by atoms with van der Waals surface area (Å²) in [6.07, 6.45) is -10.2. The monoisotopic (exact) mass is 407 g/mol. The Balaban J connectivity index is 2.45. The molecule has 0 aliphatic carbocycles. The van der Waals surface area contributed by atoms with Gasteiger partial charge < -0.3 is 15.2 Å². The summed E-state index contributed by atoms with van der Waals surface area (Å²) in [5.41, 5.74) is -4.75. The lowest BCUT2D eigenvalue weighted by Crippen LogP contribution is -2.16. The van der Waals surface area contributed by atoms with Crippen molar-refractivity contribution >= 4 is 17.6 Å². The molecule has 1 amide bonds. The normalized spacial score (nSPS) is 11.8. The third kappa shape index (κ3) is 4.72. The number of nitrogens with one attached hydrogen (secondary N) is 1. The molecule has 2 rings (SSSR count). The number of halogens is 6. The van der Waals surface area contributed by atoms with Crippen molar-refractivity contribution in [2.24, 2.45) is 0 Å². The molecule has 0 aromatic heterocycles. The van der Waals surface area contributed by atoms with Crippen molar-refractivity contribution in [3.8, 4) is 5.75 Å². The first-order valence-electron chi connectivity index (χ1n) is 7.35. The van der Waals surface area contributed by atoms with Gasteiger partial charge in [0.05, 0.1) is 29.4 Å². The Morgan fingerprint density at radius 2 is 1.46 bits per heavy atom.